The molecule has 1 heterocycles. The van der Waals surface area contributed by atoms with E-state index < -0.39 is 5.97 Å². The Morgan fingerprint density at radius 1 is 1.03 bits per heavy atom. The Morgan fingerprint density at radius 2 is 1.76 bits per heavy atom. The number of carbonyl (C=O) groups excluding carboxylic acids is 3. The molecule has 178 valence electrons. The molecule has 2 amide bonds. The van der Waals surface area contributed by atoms with Crippen molar-refractivity contribution in [2.45, 2.75) is 19.8 Å². The Labute approximate surface area is 211 Å². The number of para-hydroxylation sites is 1. The minimum absolute atomic E-state index is 0.133. The van der Waals surface area contributed by atoms with E-state index in [1.807, 2.05) is 6.07 Å². The topological polar surface area (TPSA) is 93.7 Å². The van der Waals surface area contributed by atoms with E-state index in [-0.39, 0.29) is 35.4 Å². The number of hydrogen-bond acceptors (Lipinski definition) is 6. The largest absolute Gasteiger partial charge is 0.492 e. The molecular formula is C24H22Cl2N2O5S. The Balaban J connectivity index is 1.65. The second kappa shape index (κ2) is 11.9. The van der Waals surface area contributed by atoms with E-state index in [1.54, 1.807) is 49.4 Å². The highest BCUT2D eigenvalue weighted by atomic mass is 35.5. The van der Waals surface area contributed by atoms with Crippen LogP contribution in [-0.4, -0.2) is 31.5 Å². The predicted octanol–water partition coefficient (Wildman–Crippen LogP) is 6.20. The van der Waals surface area contributed by atoms with Gasteiger partial charge in [0.15, 0.2) is 0 Å². The number of ether oxygens (including phenoxy) is 2. The average molecular weight is 521 g/mol. The Hall–Kier alpha value is -3.07. The van der Waals surface area contributed by atoms with E-state index in [4.69, 9.17) is 32.7 Å². The predicted molar refractivity (Wildman–Crippen MR) is 135 cm³/mol. The molecule has 1 aromatic heterocycles. The average Bonchev–Trinajstić information content (AvgIpc) is 3.13. The fraction of sp³-hybridized carbons (Fsp3) is 0.208. The molecule has 0 aliphatic carbocycles. The van der Waals surface area contributed by atoms with Crippen LogP contribution in [0.4, 0.5) is 10.7 Å². The molecule has 0 unspecified atom stereocenters. The van der Waals surface area contributed by atoms with Crippen molar-refractivity contribution in [3.8, 4) is 5.75 Å². The van der Waals surface area contributed by atoms with Crippen molar-refractivity contribution < 1.29 is 23.9 Å². The summed E-state index contributed by atoms with van der Waals surface area (Å²) in [7, 11) is 1.24. The van der Waals surface area contributed by atoms with E-state index >= 15 is 0 Å². The van der Waals surface area contributed by atoms with E-state index in [1.165, 1.54) is 7.11 Å². The highest BCUT2D eigenvalue weighted by molar-refractivity contribution is 7.18. The number of halogens is 2. The minimum atomic E-state index is -0.636. The zero-order valence-electron chi connectivity index (χ0n) is 18.4. The van der Waals surface area contributed by atoms with Crippen LogP contribution in [-0.2, 0) is 9.53 Å². The Bertz CT molecular complexity index is 1200. The smallest absolute Gasteiger partial charge is 0.341 e. The normalized spacial score (nSPS) is 10.5. The summed E-state index contributed by atoms with van der Waals surface area (Å²) in [5, 5.41) is 6.65. The van der Waals surface area contributed by atoms with Gasteiger partial charge in [-0.05, 0) is 49.2 Å². The van der Waals surface area contributed by atoms with Gasteiger partial charge < -0.3 is 20.1 Å². The lowest BCUT2D eigenvalue weighted by Gasteiger charge is -2.09. The van der Waals surface area contributed by atoms with Crippen LogP contribution in [0.5, 0.6) is 5.75 Å². The molecule has 0 spiro atoms. The van der Waals surface area contributed by atoms with Crippen molar-refractivity contribution in [2.24, 2.45) is 0 Å². The first-order valence-corrected chi connectivity index (χ1v) is 11.8. The molecule has 3 aromatic rings. The van der Waals surface area contributed by atoms with Gasteiger partial charge in [0.2, 0.25) is 5.91 Å². The summed E-state index contributed by atoms with van der Waals surface area (Å²) in [5.41, 5.74) is 1.20. The number of carbonyl (C=O) groups is 3. The summed E-state index contributed by atoms with van der Waals surface area (Å²) in [5.74, 6) is -0.870. The number of thiophene rings is 1. The molecule has 0 aliphatic heterocycles. The highest BCUT2D eigenvalue weighted by Crippen LogP contribution is 2.34. The van der Waals surface area contributed by atoms with Crippen LogP contribution in [0.2, 0.25) is 10.0 Å². The van der Waals surface area contributed by atoms with Crippen LogP contribution < -0.4 is 15.4 Å². The molecule has 2 aromatic carbocycles. The van der Waals surface area contributed by atoms with Crippen molar-refractivity contribution in [1.29, 1.82) is 0 Å². The first-order valence-electron chi connectivity index (χ1n) is 10.3. The lowest BCUT2D eigenvalue weighted by molar-refractivity contribution is -0.116. The zero-order valence-corrected chi connectivity index (χ0v) is 20.8. The first kappa shape index (κ1) is 25.6. The second-order valence-electron chi connectivity index (χ2n) is 7.15. The number of esters is 1. The van der Waals surface area contributed by atoms with Crippen LogP contribution in [0.3, 0.4) is 0 Å². The van der Waals surface area contributed by atoms with Crippen molar-refractivity contribution >= 4 is 63.0 Å². The number of hydrogen-bond donors (Lipinski definition) is 2. The Kier molecular flexibility index (Phi) is 8.92. The molecule has 10 heteroatoms. The summed E-state index contributed by atoms with van der Waals surface area (Å²) in [6, 6.07) is 13.8. The van der Waals surface area contributed by atoms with Gasteiger partial charge in [-0.25, -0.2) is 4.79 Å². The number of anilines is 2. The number of rotatable bonds is 9. The van der Waals surface area contributed by atoms with Crippen LogP contribution in [0.25, 0.3) is 0 Å². The summed E-state index contributed by atoms with van der Waals surface area (Å²) in [6.07, 6.45) is 0.540. The zero-order chi connectivity index (χ0) is 24.7. The van der Waals surface area contributed by atoms with Crippen molar-refractivity contribution in [3.63, 3.8) is 0 Å². The third-order valence-corrected chi connectivity index (χ3v) is 6.46. The maximum Gasteiger partial charge on any atom is 0.341 e. The first-order chi connectivity index (χ1) is 16.3. The number of amides is 2. The molecule has 3 rings (SSSR count). The lowest BCUT2D eigenvalue weighted by atomic mass is 10.1. The van der Waals surface area contributed by atoms with Gasteiger partial charge in [0, 0.05) is 17.1 Å². The van der Waals surface area contributed by atoms with Gasteiger partial charge >= 0.3 is 5.97 Å². The van der Waals surface area contributed by atoms with Gasteiger partial charge in [0.25, 0.3) is 5.91 Å². The molecule has 0 aliphatic rings. The Morgan fingerprint density at radius 3 is 2.44 bits per heavy atom. The maximum atomic E-state index is 12.8. The molecule has 7 nitrogen and oxygen atoms in total. The van der Waals surface area contributed by atoms with Crippen molar-refractivity contribution in [2.75, 3.05) is 24.4 Å². The number of benzene rings is 2. The third-order valence-electron chi connectivity index (χ3n) is 4.73. The quantitative estimate of drug-likeness (QED) is 0.258. The lowest BCUT2D eigenvalue weighted by Crippen LogP contribution is -2.15. The maximum absolute atomic E-state index is 12.8. The molecule has 0 bridgehead atoms. The van der Waals surface area contributed by atoms with E-state index in [2.05, 4.69) is 10.6 Å². The molecule has 0 fully saturated rings. The summed E-state index contributed by atoms with van der Waals surface area (Å²) in [6.45, 7) is 1.90. The molecule has 0 atom stereocenters. The molecule has 2 N–H and O–H groups in total. The fourth-order valence-electron chi connectivity index (χ4n) is 3.07. The standard InChI is InChI=1S/C24H22Cl2N2O5S/c1-14-20(24(31)32-2)23(34-21(14)22(30)27-16-7-4-3-5-8-16)28-19(29)9-6-12-33-18-11-10-15(25)13-17(18)26/h3-5,7-8,10-11,13H,6,9,12H2,1-2H3,(H,27,30)(H,28,29). The van der Waals surface area contributed by atoms with Crippen LogP contribution in [0.1, 0.15) is 38.4 Å². The van der Waals surface area contributed by atoms with Gasteiger partial charge in [0.1, 0.15) is 10.8 Å². The van der Waals surface area contributed by atoms with Crippen molar-refractivity contribution in [1.82, 2.24) is 0 Å². The molecule has 0 saturated heterocycles. The highest BCUT2D eigenvalue weighted by Gasteiger charge is 2.26. The summed E-state index contributed by atoms with van der Waals surface area (Å²) in [4.78, 5) is 38.0. The van der Waals surface area contributed by atoms with E-state index in [9.17, 15) is 14.4 Å². The number of nitrogens with one attached hydrogen (secondary N) is 2. The molecule has 0 radical (unpaired) electrons. The monoisotopic (exact) mass is 520 g/mol. The fourth-order valence-corrected chi connectivity index (χ4v) is 4.64. The van der Waals surface area contributed by atoms with E-state index in [0.717, 1.165) is 11.3 Å². The van der Waals surface area contributed by atoms with Gasteiger partial charge in [0.05, 0.1) is 29.2 Å². The number of methoxy groups -OCH3 is 1. The van der Waals surface area contributed by atoms with Gasteiger partial charge in [-0.2, -0.15) is 0 Å². The van der Waals surface area contributed by atoms with E-state index in [0.29, 0.717) is 38.3 Å². The van der Waals surface area contributed by atoms with Gasteiger partial charge in [-0.1, -0.05) is 41.4 Å². The minimum Gasteiger partial charge on any atom is -0.492 e. The molecular weight excluding hydrogens is 499 g/mol. The van der Waals surface area contributed by atoms with Crippen molar-refractivity contribution in [3.05, 3.63) is 74.6 Å². The third kappa shape index (κ3) is 6.50. The van der Waals surface area contributed by atoms with Crippen LogP contribution in [0.15, 0.2) is 48.5 Å². The summed E-state index contributed by atoms with van der Waals surface area (Å²) < 4.78 is 10.4. The SMILES string of the molecule is COC(=O)c1c(NC(=O)CCCOc2ccc(Cl)cc2Cl)sc(C(=O)Nc2ccccc2)c1C. The van der Waals surface area contributed by atoms with Gasteiger partial charge in [-0.3, -0.25) is 9.59 Å². The van der Waals surface area contributed by atoms with Crippen LogP contribution >= 0.6 is 34.5 Å². The summed E-state index contributed by atoms with van der Waals surface area (Å²) >= 11 is 13.0. The molecule has 34 heavy (non-hydrogen) atoms. The second-order valence-corrected chi connectivity index (χ2v) is 9.01. The van der Waals surface area contributed by atoms with Gasteiger partial charge in [-0.15, -0.1) is 11.3 Å². The van der Waals surface area contributed by atoms with Crippen LogP contribution in [0, 0.1) is 6.92 Å². The molecule has 0 saturated carbocycles.